The van der Waals surface area contributed by atoms with E-state index in [0.717, 1.165) is 15.6 Å². The zero-order valence-corrected chi connectivity index (χ0v) is 14.7. The maximum Gasteiger partial charge on any atom is 0.228 e. The molecule has 0 spiro atoms. The van der Waals surface area contributed by atoms with Crippen molar-refractivity contribution in [1.29, 1.82) is 0 Å². The molecule has 2 aromatic carbocycles. The molecule has 0 aliphatic rings. The van der Waals surface area contributed by atoms with Gasteiger partial charge in [-0.05, 0) is 53.0 Å². The van der Waals surface area contributed by atoms with Gasteiger partial charge in [-0.25, -0.2) is 4.39 Å². The van der Waals surface area contributed by atoms with Gasteiger partial charge in [0.25, 0.3) is 0 Å². The maximum absolute atomic E-state index is 13.6. The van der Waals surface area contributed by atoms with Crippen molar-refractivity contribution in [2.24, 2.45) is 0 Å². The van der Waals surface area contributed by atoms with Gasteiger partial charge in [0.2, 0.25) is 4.69 Å². The van der Waals surface area contributed by atoms with Crippen molar-refractivity contribution in [3.63, 3.8) is 0 Å². The number of carbonyl (C=O) groups excluding carboxylic acids is 1. The number of hydrogen-bond donors (Lipinski definition) is 0. The van der Waals surface area contributed by atoms with Gasteiger partial charge < -0.3 is 4.74 Å². The Hall–Kier alpha value is -1.20. The number of carbonyl (C=O) groups is 1. The molecule has 0 fully saturated rings. The number of rotatable bonds is 4. The van der Waals surface area contributed by atoms with Gasteiger partial charge in [-0.3, -0.25) is 4.79 Å². The summed E-state index contributed by atoms with van der Waals surface area (Å²) in [5.41, 5.74) is 2.68. The van der Waals surface area contributed by atoms with Crippen molar-refractivity contribution in [2.75, 3.05) is 0 Å². The Morgan fingerprint density at radius 3 is 2.62 bits per heavy atom. The number of halogens is 3. The van der Waals surface area contributed by atoms with Gasteiger partial charge in [-0.2, -0.15) is 0 Å². The molecule has 0 saturated carbocycles. The van der Waals surface area contributed by atoms with Crippen LogP contribution in [0.4, 0.5) is 4.39 Å². The lowest BCUT2D eigenvalue weighted by Crippen LogP contribution is -2.04. The van der Waals surface area contributed by atoms with E-state index in [1.807, 2.05) is 13.0 Å². The first-order valence-electron chi connectivity index (χ1n) is 6.27. The molecule has 5 heteroatoms. The van der Waals surface area contributed by atoms with Crippen LogP contribution in [-0.4, -0.2) is 4.69 Å². The Balaban J connectivity index is 2.29. The van der Waals surface area contributed by atoms with E-state index < -0.39 is 0 Å². The molecule has 0 bridgehead atoms. The molecule has 0 aromatic heterocycles. The van der Waals surface area contributed by atoms with Gasteiger partial charge in [0, 0.05) is 21.7 Å². The molecular weight excluding hydrogens is 403 g/mol. The highest BCUT2D eigenvalue weighted by atomic mass is 79.9. The molecule has 0 atom stereocenters. The van der Waals surface area contributed by atoms with Crippen molar-refractivity contribution < 1.29 is 13.9 Å². The molecule has 0 aliphatic heterocycles. The number of hydrogen-bond acceptors (Lipinski definition) is 2. The van der Waals surface area contributed by atoms with E-state index in [-0.39, 0.29) is 17.1 Å². The summed E-state index contributed by atoms with van der Waals surface area (Å²) >= 11 is 6.36. The molecular formula is C16H13Br2FO2. The average Bonchev–Trinajstić information content (AvgIpc) is 2.42. The molecule has 110 valence electrons. The largest absolute Gasteiger partial charge is 0.488 e. The summed E-state index contributed by atoms with van der Waals surface area (Å²) in [6.45, 7) is 3.75. The van der Waals surface area contributed by atoms with Crippen molar-refractivity contribution in [3.8, 4) is 5.75 Å². The third-order valence-corrected chi connectivity index (χ3v) is 4.33. The Morgan fingerprint density at radius 2 is 1.95 bits per heavy atom. The molecule has 0 aliphatic carbocycles. The van der Waals surface area contributed by atoms with Crippen LogP contribution >= 0.6 is 31.9 Å². The van der Waals surface area contributed by atoms with Crippen LogP contribution in [0.5, 0.6) is 5.75 Å². The normalized spacial score (nSPS) is 10.5. The lowest BCUT2D eigenvalue weighted by molar-refractivity contribution is 0.109. The van der Waals surface area contributed by atoms with E-state index in [1.165, 1.54) is 6.07 Å². The molecule has 0 amide bonds. The van der Waals surface area contributed by atoms with Crippen LogP contribution in [0, 0.1) is 19.7 Å². The van der Waals surface area contributed by atoms with Crippen LogP contribution in [0.1, 0.15) is 27.0 Å². The van der Waals surface area contributed by atoms with Crippen molar-refractivity contribution in [1.82, 2.24) is 0 Å². The highest BCUT2D eigenvalue weighted by molar-refractivity contribution is 9.18. The highest BCUT2D eigenvalue weighted by Crippen LogP contribution is 2.27. The lowest BCUT2D eigenvalue weighted by Gasteiger charge is -2.13. The minimum absolute atomic E-state index is 0.178. The number of aryl methyl sites for hydroxylation is 2. The highest BCUT2D eigenvalue weighted by Gasteiger charge is 2.13. The van der Waals surface area contributed by atoms with E-state index in [2.05, 4.69) is 31.9 Å². The number of ether oxygens (including phenoxy) is 1. The Morgan fingerprint density at radius 1 is 1.24 bits per heavy atom. The third-order valence-electron chi connectivity index (χ3n) is 3.16. The quantitative estimate of drug-likeness (QED) is 0.631. The average molecular weight is 416 g/mol. The fourth-order valence-electron chi connectivity index (χ4n) is 2.00. The SMILES string of the molecule is Cc1cc(C)c(OCc2c(Br)cccc2C(=O)Br)cc1F. The molecule has 2 aromatic rings. The summed E-state index contributed by atoms with van der Waals surface area (Å²) in [6, 6.07) is 8.43. The second kappa shape index (κ2) is 6.71. The molecule has 21 heavy (non-hydrogen) atoms. The summed E-state index contributed by atoms with van der Waals surface area (Å²) in [7, 11) is 0. The van der Waals surface area contributed by atoms with Gasteiger partial charge in [-0.15, -0.1) is 0 Å². The van der Waals surface area contributed by atoms with Crippen LogP contribution in [0.2, 0.25) is 0 Å². The Kier molecular flexibility index (Phi) is 5.17. The maximum atomic E-state index is 13.6. The van der Waals surface area contributed by atoms with Crippen LogP contribution in [0.15, 0.2) is 34.8 Å². The fraction of sp³-hybridized carbons (Fsp3) is 0.188. The first-order valence-corrected chi connectivity index (χ1v) is 7.85. The van der Waals surface area contributed by atoms with Gasteiger partial charge in [0.15, 0.2) is 0 Å². The summed E-state index contributed by atoms with van der Waals surface area (Å²) in [6.07, 6.45) is 0. The predicted molar refractivity (Wildman–Crippen MR) is 87.6 cm³/mol. The molecule has 0 unspecified atom stereocenters. The standard InChI is InChI=1S/C16H13Br2FO2/c1-9-6-10(2)15(7-14(9)19)21-8-12-11(16(18)20)4-3-5-13(12)17/h3-7H,8H2,1-2H3. The first kappa shape index (κ1) is 16.2. The molecule has 2 rings (SSSR count). The predicted octanol–water partition coefficient (Wildman–Crippen LogP) is 5.32. The zero-order valence-electron chi connectivity index (χ0n) is 11.5. The van der Waals surface area contributed by atoms with Crippen molar-refractivity contribution in [2.45, 2.75) is 20.5 Å². The topological polar surface area (TPSA) is 26.3 Å². The zero-order chi connectivity index (χ0) is 15.6. The van der Waals surface area contributed by atoms with Crippen LogP contribution < -0.4 is 4.74 Å². The second-order valence-electron chi connectivity index (χ2n) is 4.70. The first-order chi connectivity index (χ1) is 9.90. The van der Waals surface area contributed by atoms with E-state index >= 15 is 0 Å². The molecule has 0 saturated heterocycles. The summed E-state index contributed by atoms with van der Waals surface area (Å²) in [4.78, 5) is 11.6. The third kappa shape index (κ3) is 3.71. The molecule has 0 N–H and O–H groups in total. The summed E-state index contributed by atoms with van der Waals surface area (Å²) in [5.74, 6) is 0.168. The van der Waals surface area contributed by atoms with E-state index in [4.69, 9.17) is 4.74 Å². The summed E-state index contributed by atoms with van der Waals surface area (Å²) in [5, 5.41) is 0. The number of benzene rings is 2. The minimum atomic E-state index is -0.306. The van der Waals surface area contributed by atoms with Gasteiger partial charge in [0.1, 0.15) is 18.2 Å². The summed E-state index contributed by atoms with van der Waals surface area (Å²) < 4.78 is 19.9. The van der Waals surface area contributed by atoms with E-state index in [1.54, 1.807) is 25.1 Å². The second-order valence-corrected chi connectivity index (χ2v) is 6.27. The smallest absolute Gasteiger partial charge is 0.228 e. The minimum Gasteiger partial charge on any atom is -0.488 e. The van der Waals surface area contributed by atoms with Gasteiger partial charge in [0.05, 0.1) is 0 Å². The van der Waals surface area contributed by atoms with E-state index in [0.29, 0.717) is 16.9 Å². The van der Waals surface area contributed by atoms with E-state index in [9.17, 15) is 9.18 Å². The van der Waals surface area contributed by atoms with Gasteiger partial charge >= 0.3 is 0 Å². The molecule has 2 nitrogen and oxygen atoms in total. The van der Waals surface area contributed by atoms with Gasteiger partial charge in [-0.1, -0.05) is 28.1 Å². The van der Waals surface area contributed by atoms with Crippen LogP contribution in [0.25, 0.3) is 0 Å². The van der Waals surface area contributed by atoms with Crippen LogP contribution in [-0.2, 0) is 6.61 Å². The Bertz CT molecular complexity index is 699. The monoisotopic (exact) mass is 414 g/mol. The van der Waals surface area contributed by atoms with Crippen LogP contribution in [0.3, 0.4) is 0 Å². The van der Waals surface area contributed by atoms with Crippen molar-refractivity contribution in [3.05, 3.63) is 62.9 Å². The fourth-order valence-corrected chi connectivity index (χ4v) is 2.85. The van der Waals surface area contributed by atoms with Crippen molar-refractivity contribution >= 4 is 36.6 Å². The molecule has 0 heterocycles. The molecule has 0 radical (unpaired) electrons. The lowest BCUT2D eigenvalue weighted by atomic mass is 10.1. The Labute approximate surface area is 139 Å².